The Labute approximate surface area is 422 Å². The first kappa shape index (κ1) is 48.6. The first-order valence-electron chi connectivity index (χ1n) is 18.3. The van der Waals surface area contributed by atoms with Gasteiger partial charge in [0.25, 0.3) is 11.8 Å². The molecule has 8 rings (SSSR count). The van der Waals surface area contributed by atoms with Crippen LogP contribution in [0.4, 0.5) is 11.4 Å². The third-order valence-electron chi connectivity index (χ3n) is 10.1. The van der Waals surface area contributed by atoms with Crippen molar-refractivity contribution in [2.75, 3.05) is 22.9 Å². The monoisotopic (exact) mass is 1150 g/mol. The zero-order valence-electron chi connectivity index (χ0n) is 33.6. The van der Waals surface area contributed by atoms with Gasteiger partial charge in [0.1, 0.15) is 5.58 Å². The minimum Gasteiger partial charge on any atom is 1.00 e. The normalized spacial score (nSPS) is 11.9. The number of nitrogens with zero attached hydrogens (tertiary/aromatic N) is 2. The number of hydrogen-bond acceptors (Lipinski definition) is 11. The van der Waals surface area contributed by atoms with E-state index in [1.807, 2.05) is 25.1 Å². The molecule has 2 aliphatic heterocycles. The molecule has 294 valence electrons. The number of benzene rings is 5. The van der Waals surface area contributed by atoms with Gasteiger partial charge in [-0.1, -0.05) is 12.1 Å². The molecule has 0 saturated carbocycles. The number of carboxylic acid groups (broad SMARTS) is 1. The third kappa shape index (κ3) is 9.45. The summed E-state index contributed by atoms with van der Waals surface area (Å²) >= 11 is 3.71. The minimum atomic E-state index is -2.75. The molecule has 3 heterocycles. The molecule has 0 radical (unpaired) electrons. The first-order chi connectivity index (χ1) is 28.3. The third-order valence-corrected chi connectivity index (χ3v) is 15.1. The fourth-order valence-electron chi connectivity index (χ4n) is 7.25. The van der Waals surface area contributed by atoms with Crippen LogP contribution in [0.2, 0.25) is 0 Å². The van der Waals surface area contributed by atoms with Crippen molar-refractivity contribution in [3.63, 3.8) is 0 Å². The second kappa shape index (κ2) is 20.4. The Morgan fingerprint density at radius 3 is 2.08 bits per heavy atom. The predicted molar refractivity (Wildman–Crippen MR) is 223 cm³/mol. The molecule has 2 amide bonds. The van der Waals surface area contributed by atoms with Gasteiger partial charge in [0, 0.05) is 42.4 Å². The molecule has 0 unspecified atom stereocenters. The van der Waals surface area contributed by atoms with E-state index < -0.39 is 36.6 Å². The number of imide groups is 1. The summed E-state index contributed by atoms with van der Waals surface area (Å²) in [7, 11) is 0. The zero-order chi connectivity index (χ0) is 42.3. The van der Waals surface area contributed by atoms with Gasteiger partial charge in [0.2, 0.25) is 0 Å². The van der Waals surface area contributed by atoms with Crippen LogP contribution >= 0.6 is 31.9 Å². The maximum absolute atomic E-state index is 12.8. The van der Waals surface area contributed by atoms with E-state index in [9.17, 15) is 37.2 Å². The van der Waals surface area contributed by atoms with E-state index >= 15 is 0 Å². The van der Waals surface area contributed by atoms with E-state index in [4.69, 9.17) is 8.83 Å². The molecule has 5 aromatic rings. The van der Waals surface area contributed by atoms with Gasteiger partial charge in [-0.15, -0.1) is 0 Å². The molecular weight excluding hydrogens is 1120 g/mol. The van der Waals surface area contributed by atoms with Crippen LogP contribution in [-0.2, 0) is 34.6 Å². The fourth-order valence-corrected chi connectivity index (χ4v) is 11.9. The van der Waals surface area contributed by atoms with E-state index in [0.717, 1.165) is 34.6 Å². The Kier molecular flexibility index (Phi) is 16.3. The molecular formula is C44H30Br2HgN2Na2O10. The van der Waals surface area contributed by atoms with Crippen molar-refractivity contribution in [2.24, 2.45) is 0 Å². The first-order valence-corrected chi connectivity index (χ1v) is 25.1. The summed E-state index contributed by atoms with van der Waals surface area (Å²) in [5, 5.41) is 25.6. The number of aryl methyl sites for hydroxylation is 1. The van der Waals surface area contributed by atoms with Crippen LogP contribution in [0.15, 0.2) is 124 Å². The molecule has 0 atom stereocenters. The van der Waals surface area contributed by atoms with Crippen molar-refractivity contribution < 1.29 is 121 Å². The number of rotatable bonds is 8. The minimum absolute atomic E-state index is 0. The molecule has 1 N–H and O–H groups in total. The number of anilines is 2. The summed E-state index contributed by atoms with van der Waals surface area (Å²) in [4.78, 5) is 63.7. The Bertz CT molecular complexity index is 2970. The molecule has 3 aliphatic rings. The van der Waals surface area contributed by atoms with Crippen LogP contribution in [-0.4, -0.2) is 33.9 Å². The van der Waals surface area contributed by atoms with E-state index in [1.165, 1.54) is 24.3 Å². The average molecular weight is 1150 g/mol. The van der Waals surface area contributed by atoms with Crippen LogP contribution in [0.25, 0.3) is 55.5 Å². The smallest absolute Gasteiger partial charge is 1.00 e. The molecule has 0 spiro atoms. The summed E-state index contributed by atoms with van der Waals surface area (Å²) in [5.74, 6) is -2.28. The van der Waals surface area contributed by atoms with E-state index in [1.54, 1.807) is 54.6 Å². The van der Waals surface area contributed by atoms with Gasteiger partial charge in [-0.3, -0.25) is 9.59 Å². The van der Waals surface area contributed by atoms with Gasteiger partial charge in [0.15, 0.2) is 0 Å². The van der Waals surface area contributed by atoms with Crippen molar-refractivity contribution in [3.05, 3.63) is 138 Å². The molecule has 1 aliphatic carbocycles. The van der Waals surface area contributed by atoms with Crippen LogP contribution < -0.4 is 93.3 Å². The number of carboxylic acids is 1. The predicted octanol–water partition coefficient (Wildman–Crippen LogP) is 0.194. The molecule has 4 aromatic carbocycles. The van der Waals surface area contributed by atoms with Crippen LogP contribution in [0, 0.1) is 6.92 Å². The van der Waals surface area contributed by atoms with E-state index in [2.05, 4.69) is 50.6 Å². The van der Waals surface area contributed by atoms with Crippen molar-refractivity contribution in [2.45, 2.75) is 20.8 Å². The quantitative estimate of drug-likeness (QED) is 0.0950. The van der Waals surface area contributed by atoms with Gasteiger partial charge in [0.05, 0.1) is 11.3 Å². The summed E-state index contributed by atoms with van der Waals surface area (Å²) in [6.45, 7) is 7.81. The number of amides is 2. The molecule has 61 heavy (non-hydrogen) atoms. The molecule has 0 bridgehead atoms. The Morgan fingerprint density at radius 2 is 1.46 bits per heavy atom. The van der Waals surface area contributed by atoms with Crippen molar-refractivity contribution in [3.8, 4) is 39.3 Å². The fraction of sp³-hybridized carbons (Fsp3) is 0.114. The number of hydrogen-bond donors (Lipinski definition) is 1. The Hall–Kier alpha value is -3.41. The van der Waals surface area contributed by atoms with E-state index in [-0.39, 0.29) is 111 Å². The maximum Gasteiger partial charge on any atom is 1.00 e. The second-order valence-corrected chi connectivity index (χ2v) is 19.1. The van der Waals surface area contributed by atoms with Crippen LogP contribution in [0.3, 0.4) is 0 Å². The second-order valence-electron chi connectivity index (χ2n) is 13.4. The van der Waals surface area contributed by atoms with Gasteiger partial charge < -0.3 is 9.32 Å². The number of halogens is 2. The van der Waals surface area contributed by atoms with Gasteiger partial charge >= 0.3 is 259 Å². The number of fused-ring (bicyclic) bond motifs is 3. The van der Waals surface area contributed by atoms with E-state index in [0.29, 0.717) is 44.5 Å². The van der Waals surface area contributed by atoms with Crippen LogP contribution in [0.5, 0.6) is 5.75 Å². The molecule has 0 fully saturated rings. The number of carbonyl (C=O) groups excluding carboxylic acids is 3. The number of carbonyl (C=O) groups is 3. The Morgan fingerprint density at radius 1 is 0.803 bits per heavy atom. The van der Waals surface area contributed by atoms with Crippen molar-refractivity contribution in [1.29, 1.82) is 0 Å². The van der Waals surface area contributed by atoms with Gasteiger partial charge in [-0.2, -0.15) is 0 Å². The standard InChI is InChI=1S/C24H22N2O4.C20H9Br2O5.Hg.2Na.H2O/c1-4-25(5-2)18-10-11-19-15(3)23(24(29)30-20(19)14-18)16-6-8-17(9-7-16)26-21(27)12-13-22(26)28;21-13-5-11-17(7-15(13)23)27-18-8-16(24)14(22)6-12(18)19(11)9-3-1-2-4-10(9)20(25)26;;;;/h6-14H,4-5H2,1-3H3;1-7,24H,(H,25,26);;;;1H2/q;;3*+1;/p-3. The van der Waals surface area contributed by atoms with Crippen molar-refractivity contribution in [1.82, 2.24) is 0 Å². The summed E-state index contributed by atoms with van der Waals surface area (Å²) in [5.41, 5.74) is 4.73. The maximum atomic E-state index is 12.8. The zero-order valence-corrected chi connectivity index (χ0v) is 46.3. The summed E-state index contributed by atoms with van der Waals surface area (Å²) < 4.78 is 22.3. The van der Waals surface area contributed by atoms with Gasteiger partial charge in [-0.25, -0.2) is 9.69 Å². The average Bonchev–Trinajstić information content (AvgIpc) is 3.56. The Balaban J connectivity index is 0.000000224. The van der Waals surface area contributed by atoms with Crippen LogP contribution in [0.1, 0.15) is 29.8 Å². The molecule has 12 nitrogen and oxygen atoms in total. The summed E-state index contributed by atoms with van der Waals surface area (Å²) in [6, 6.07) is 23.4. The molecule has 17 heteroatoms. The molecule has 0 saturated heterocycles. The summed E-state index contributed by atoms with van der Waals surface area (Å²) in [6.07, 6.45) is 2.48. The molecule has 1 aromatic heterocycles. The largest absolute Gasteiger partial charge is 1.00 e. The van der Waals surface area contributed by atoms with Gasteiger partial charge in [-0.05, 0) is 56.2 Å². The SMILES string of the molecule is CCN(CC)c1ccc2c(C)c(-c3ccc(N4C(=O)C=CC4=O)cc3)c(=O)oc2c1.O=C([O-])c1ccccc1-c1c2cc(Br)c(=O)cc-2oc2[c]([Hg][OH])c([O-])c(Br)cc12.[Na+].[Na+]. The van der Waals surface area contributed by atoms with Crippen molar-refractivity contribution >= 4 is 86.0 Å². The number of aromatic carboxylic acids is 1. The topological polar surface area (TPSA) is 184 Å².